The summed E-state index contributed by atoms with van der Waals surface area (Å²) in [6.45, 7) is 3.12. The maximum Gasteiger partial charge on any atom is 0.0335 e. The molecule has 92 valence electrons. The topological polar surface area (TPSA) is 29.3 Å². The lowest BCUT2D eigenvalue weighted by molar-refractivity contribution is 0.0844. The smallest absolute Gasteiger partial charge is 0.0335 e. The van der Waals surface area contributed by atoms with Crippen LogP contribution in [0.4, 0.5) is 0 Å². The lowest BCUT2D eigenvalue weighted by Crippen LogP contribution is -2.53. The molecule has 0 saturated heterocycles. The third-order valence-electron chi connectivity index (χ3n) is 4.72. The molecule has 2 heteroatoms. The molecular weight excluding hydrogens is 208 g/mol. The summed E-state index contributed by atoms with van der Waals surface area (Å²) < 4.78 is 0. The molecule has 2 N–H and O–H groups in total. The first-order valence-corrected chi connectivity index (χ1v) is 6.86. The highest BCUT2D eigenvalue weighted by Gasteiger charge is 2.39. The number of benzene rings is 1. The van der Waals surface area contributed by atoms with Crippen LogP contribution >= 0.6 is 0 Å². The molecule has 0 spiro atoms. The second-order valence-corrected chi connectivity index (χ2v) is 5.58. The van der Waals surface area contributed by atoms with E-state index in [4.69, 9.17) is 5.73 Å². The Hall–Kier alpha value is -0.860. The summed E-state index contributed by atoms with van der Waals surface area (Å²) in [5.41, 5.74) is 9.44. The molecule has 0 unspecified atom stereocenters. The zero-order valence-corrected chi connectivity index (χ0v) is 10.5. The van der Waals surface area contributed by atoms with E-state index in [1.165, 1.54) is 49.8 Å². The second-order valence-electron chi connectivity index (χ2n) is 5.58. The minimum atomic E-state index is 0.313. The first kappa shape index (κ1) is 11.2. The van der Waals surface area contributed by atoms with Gasteiger partial charge in [-0.1, -0.05) is 37.1 Å². The molecule has 1 aliphatic heterocycles. The quantitative estimate of drug-likeness (QED) is 0.845. The van der Waals surface area contributed by atoms with Gasteiger partial charge in [-0.15, -0.1) is 0 Å². The minimum absolute atomic E-state index is 0.313. The first-order valence-electron chi connectivity index (χ1n) is 6.86. The van der Waals surface area contributed by atoms with Gasteiger partial charge in [0.2, 0.25) is 0 Å². The van der Waals surface area contributed by atoms with Crippen LogP contribution in [0, 0.1) is 0 Å². The van der Waals surface area contributed by atoms with Gasteiger partial charge in [0, 0.05) is 25.2 Å². The van der Waals surface area contributed by atoms with Crippen LogP contribution in [0.5, 0.6) is 0 Å². The van der Waals surface area contributed by atoms with Crippen molar-refractivity contribution in [2.45, 2.75) is 44.2 Å². The van der Waals surface area contributed by atoms with Crippen molar-refractivity contribution in [1.82, 2.24) is 4.90 Å². The first-order chi connectivity index (χ1) is 8.34. The number of hydrogen-bond donors (Lipinski definition) is 1. The average Bonchev–Trinajstić information content (AvgIpc) is 2.88. The van der Waals surface area contributed by atoms with E-state index in [2.05, 4.69) is 29.2 Å². The lowest BCUT2D eigenvalue weighted by atomic mass is 9.90. The van der Waals surface area contributed by atoms with Crippen LogP contribution < -0.4 is 5.73 Å². The van der Waals surface area contributed by atoms with Gasteiger partial charge in [-0.3, -0.25) is 4.90 Å². The van der Waals surface area contributed by atoms with E-state index >= 15 is 0 Å². The molecule has 0 amide bonds. The Morgan fingerprint density at radius 3 is 2.53 bits per heavy atom. The van der Waals surface area contributed by atoms with Crippen LogP contribution in [0.3, 0.4) is 0 Å². The normalized spacial score (nSPS) is 23.6. The summed E-state index contributed by atoms with van der Waals surface area (Å²) in [6.07, 6.45) is 6.50. The van der Waals surface area contributed by atoms with E-state index < -0.39 is 0 Å². The zero-order valence-electron chi connectivity index (χ0n) is 10.5. The van der Waals surface area contributed by atoms with Gasteiger partial charge in [0.25, 0.3) is 0 Å². The number of hydrogen-bond acceptors (Lipinski definition) is 2. The fourth-order valence-electron chi connectivity index (χ4n) is 3.58. The maximum atomic E-state index is 6.08. The third kappa shape index (κ3) is 1.90. The molecule has 2 nitrogen and oxygen atoms in total. The van der Waals surface area contributed by atoms with Gasteiger partial charge in [0.05, 0.1) is 0 Å². The van der Waals surface area contributed by atoms with Crippen LogP contribution in [-0.2, 0) is 13.0 Å². The highest BCUT2D eigenvalue weighted by atomic mass is 15.2. The number of nitrogens with two attached hydrogens (primary N) is 1. The monoisotopic (exact) mass is 230 g/mol. The van der Waals surface area contributed by atoms with Crippen molar-refractivity contribution in [1.29, 1.82) is 0 Å². The summed E-state index contributed by atoms with van der Waals surface area (Å²) in [5, 5.41) is 0. The van der Waals surface area contributed by atoms with Gasteiger partial charge in [-0.05, 0) is 30.4 Å². The largest absolute Gasteiger partial charge is 0.329 e. The van der Waals surface area contributed by atoms with Crippen LogP contribution in [0.2, 0.25) is 0 Å². The SMILES string of the molecule is NCC1(N2CCc3ccccc3C2)CCCC1. The predicted molar refractivity (Wildman–Crippen MR) is 70.8 cm³/mol. The van der Waals surface area contributed by atoms with Crippen molar-refractivity contribution >= 4 is 0 Å². The van der Waals surface area contributed by atoms with Gasteiger partial charge in [-0.2, -0.15) is 0 Å². The summed E-state index contributed by atoms with van der Waals surface area (Å²) in [4.78, 5) is 2.66. The Kier molecular flexibility index (Phi) is 2.93. The van der Waals surface area contributed by atoms with E-state index in [0.29, 0.717) is 5.54 Å². The molecular formula is C15H22N2. The zero-order chi connectivity index (χ0) is 11.7. The van der Waals surface area contributed by atoms with Gasteiger partial charge in [0.1, 0.15) is 0 Å². The third-order valence-corrected chi connectivity index (χ3v) is 4.72. The van der Waals surface area contributed by atoms with Crippen LogP contribution in [0.15, 0.2) is 24.3 Å². The van der Waals surface area contributed by atoms with Crippen LogP contribution in [-0.4, -0.2) is 23.5 Å². The fourth-order valence-corrected chi connectivity index (χ4v) is 3.58. The highest BCUT2D eigenvalue weighted by Crippen LogP contribution is 2.37. The van der Waals surface area contributed by atoms with Gasteiger partial charge < -0.3 is 5.73 Å². The molecule has 1 saturated carbocycles. The number of fused-ring (bicyclic) bond motifs is 1. The summed E-state index contributed by atoms with van der Waals surface area (Å²) in [6, 6.07) is 8.87. The van der Waals surface area contributed by atoms with Gasteiger partial charge in [0.15, 0.2) is 0 Å². The molecule has 2 aliphatic rings. The second kappa shape index (κ2) is 4.43. The fraction of sp³-hybridized carbons (Fsp3) is 0.600. The molecule has 1 aliphatic carbocycles. The summed E-state index contributed by atoms with van der Waals surface area (Å²) in [5.74, 6) is 0. The molecule has 0 aromatic heterocycles. The van der Waals surface area contributed by atoms with Crippen LogP contribution in [0.1, 0.15) is 36.8 Å². The van der Waals surface area contributed by atoms with Crippen molar-refractivity contribution in [3.63, 3.8) is 0 Å². The number of nitrogens with zero attached hydrogens (tertiary/aromatic N) is 1. The van der Waals surface area contributed by atoms with Gasteiger partial charge >= 0.3 is 0 Å². The van der Waals surface area contributed by atoms with E-state index in [0.717, 1.165) is 13.1 Å². The maximum absolute atomic E-state index is 6.08. The minimum Gasteiger partial charge on any atom is -0.329 e. The molecule has 1 aromatic carbocycles. The molecule has 3 rings (SSSR count). The Morgan fingerprint density at radius 2 is 1.82 bits per heavy atom. The molecule has 1 heterocycles. The molecule has 0 radical (unpaired) electrons. The molecule has 0 bridgehead atoms. The summed E-state index contributed by atoms with van der Waals surface area (Å²) >= 11 is 0. The lowest BCUT2D eigenvalue weighted by Gasteiger charge is -2.43. The van der Waals surface area contributed by atoms with Gasteiger partial charge in [-0.25, -0.2) is 0 Å². The van der Waals surface area contributed by atoms with Crippen LogP contribution in [0.25, 0.3) is 0 Å². The van der Waals surface area contributed by atoms with Crippen molar-refractivity contribution in [3.8, 4) is 0 Å². The number of rotatable bonds is 2. The Morgan fingerprint density at radius 1 is 1.12 bits per heavy atom. The molecule has 1 aromatic rings. The highest BCUT2D eigenvalue weighted by molar-refractivity contribution is 5.29. The van der Waals surface area contributed by atoms with Crippen molar-refractivity contribution in [3.05, 3.63) is 35.4 Å². The Labute approximate surface area is 104 Å². The molecule has 17 heavy (non-hydrogen) atoms. The van der Waals surface area contributed by atoms with Crippen molar-refractivity contribution in [2.24, 2.45) is 5.73 Å². The molecule has 1 fully saturated rings. The predicted octanol–water partition coefficient (Wildman–Crippen LogP) is 2.32. The van der Waals surface area contributed by atoms with E-state index in [-0.39, 0.29) is 0 Å². The summed E-state index contributed by atoms with van der Waals surface area (Å²) in [7, 11) is 0. The Bertz CT molecular complexity index is 394. The average molecular weight is 230 g/mol. The molecule has 0 atom stereocenters. The van der Waals surface area contributed by atoms with E-state index in [1.807, 2.05) is 0 Å². The van der Waals surface area contributed by atoms with E-state index in [9.17, 15) is 0 Å². The van der Waals surface area contributed by atoms with Crippen molar-refractivity contribution < 1.29 is 0 Å². The Balaban J connectivity index is 1.83. The van der Waals surface area contributed by atoms with Crippen molar-refractivity contribution in [2.75, 3.05) is 13.1 Å². The standard InChI is InChI=1S/C15H22N2/c16-12-15(8-3-4-9-15)17-10-7-13-5-1-2-6-14(13)11-17/h1-2,5-6H,3-4,7-12,16H2. The van der Waals surface area contributed by atoms with E-state index in [1.54, 1.807) is 0 Å².